The van der Waals surface area contributed by atoms with Crippen molar-refractivity contribution in [3.05, 3.63) is 83.3 Å². The summed E-state index contributed by atoms with van der Waals surface area (Å²) in [5, 5.41) is 13.2. The second-order valence-corrected chi connectivity index (χ2v) is 9.06. The number of carboxylic acids is 1. The minimum atomic E-state index is -0.917. The Morgan fingerprint density at radius 3 is 2.59 bits per heavy atom. The number of aliphatic carboxylic acids is 1. The number of hydrogen-bond acceptors (Lipinski definition) is 5. The fraction of sp³-hybridized carbons (Fsp3) is 0.333. The van der Waals surface area contributed by atoms with Gasteiger partial charge in [0.2, 0.25) is 6.86 Å². The van der Waals surface area contributed by atoms with E-state index in [9.17, 15) is 14.3 Å². The molecule has 0 aliphatic heterocycles. The fourth-order valence-electron chi connectivity index (χ4n) is 4.45. The second-order valence-electron chi connectivity index (χ2n) is 9.06. The summed E-state index contributed by atoms with van der Waals surface area (Å²) in [6, 6.07) is 14.7. The van der Waals surface area contributed by atoms with Crippen LogP contribution in [-0.2, 0) is 11.4 Å². The Morgan fingerprint density at radius 2 is 1.97 bits per heavy atom. The first kappa shape index (κ1) is 23.5. The van der Waals surface area contributed by atoms with Gasteiger partial charge >= 0.3 is 5.97 Å². The molecule has 1 N–H and O–H groups in total. The molecule has 0 saturated heterocycles. The summed E-state index contributed by atoms with van der Waals surface area (Å²) in [4.78, 5) is 11.3. The van der Waals surface area contributed by atoms with Gasteiger partial charge in [-0.25, -0.2) is 4.39 Å². The summed E-state index contributed by atoms with van der Waals surface area (Å²) >= 11 is 0. The number of nitrogens with zero attached hydrogens (tertiary/aromatic N) is 1. The Balaban J connectivity index is 1.47. The molecule has 34 heavy (non-hydrogen) atoms. The molecule has 1 aliphatic rings. The lowest BCUT2D eigenvalue weighted by molar-refractivity contribution is -0.137. The van der Waals surface area contributed by atoms with Crippen molar-refractivity contribution >= 4 is 11.5 Å². The molecule has 1 atom stereocenters. The molecule has 1 aliphatic carbocycles. The van der Waals surface area contributed by atoms with Gasteiger partial charge in [0, 0.05) is 17.5 Å². The van der Waals surface area contributed by atoms with Gasteiger partial charge in [-0.3, -0.25) is 4.79 Å². The average Bonchev–Trinajstić information content (AvgIpc) is 3.46. The van der Waals surface area contributed by atoms with Crippen molar-refractivity contribution in [1.82, 2.24) is 5.16 Å². The van der Waals surface area contributed by atoms with E-state index in [0.717, 1.165) is 29.5 Å². The van der Waals surface area contributed by atoms with Gasteiger partial charge in [-0.15, -0.1) is 0 Å². The molecule has 4 rings (SSSR count). The molecule has 0 bridgehead atoms. The maximum atomic E-state index is 13.1. The number of rotatable bonds is 10. The van der Waals surface area contributed by atoms with Crippen molar-refractivity contribution in [2.75, 3.05) is 6.86 Å². The van der Waals surface area contributed by atoms with E-state index in [4.69, 9.17) is 14.0 Å². The highest BCUT2D eigenvalue weighted by atomic mass is 19.1. The van der Waals surface area contributed by atoms with Crippen LogP contribution in [0.4, 0.5) is 4.39 Å². The van der Waals surface area contributed by atoms with Crippen LogP contribution in [0.25, 0.3) is 5.57 Å². The van der Waals surface area contributed by atoms with E-state index >= 15 is 0 Å². The molecule has 6 nitrogen and oxygen atoms in total. The molecule has 0 spiro atoms. The van der Waals surface area contributed by atoms with Crippen LogP contribution in [0, 0.1) is 5.41 Å². The Hall–Kier alpha value is -3.61. The lowest BCUT2D eigenvalue weighted by Gasteiger charge is -2.24. The van der Waals surface area contributed by atoms with E-state index in [1.807, 2.05) is 30.3 Å². The third-order valence-corrected chi connectivity index (χ3v) is 6.27. The predicted octanol–water partition coefficient (Wildman–Crippen LogP) is 6.37. The van der Waals surface area contributed by atoms with Crippen LogP contribution in [-0.4, -0.2) is 23.1 Å². The van der Waals surface area contributed by atoms with Crippen LogP contribution in [0.2, 0.25) is 0 Å². The Morgan fingerprint density at radius 1 is 1.18 bits per heavy atom. The van der Waals surface area contributed by atoms with Crippen LogP contribution in [0.1, 0.15) is 61.4 Å². The molecule has 0 unspecified atom stereocenters. The largest absolute Gasteiger partial charge is 0.489 e. The number of halogens is 1. The predicted molar refractivity (Wildman–Crippen MR) is 125 cm³/mol. The topological polar surface area (TPSA) is 81.8 Å². The van der Waals surface area contributed by atoms with E-state index in [1.165, 1.54) is 11.8 Å². The van der Waals surface area contributed by atoms with Crippen LogP contribution in [0.3, 0.4) is 0 Å². The number of benzene rings is 2. The number of hydrogen-bond donors (Lipinski definition) is 1. The molecule has 2 aromatic carbocycles. The minimum absolute atomic E-state index is 0.0265. The van der Waals surface area contributed by atoms with E-state index in [0.29, 0.717) is 17.2 Å². The average molecular weight is 466 g/mol. The molecule has 1 aromatic heterocycles. The molecule has 0 radical (unpaired) electrons. The van der Waals surface area contributed by atoms with Gasteiger partial charge in [0.15, 0.2) is 0 Å². The SMILES string of the molecule is CC1(C)CCC=C1c1ccc(COc2ccc([C@H](CC(=O)O)c3ccon3)cc2)cc1OCF. The third kappa shape index (κ3) is 5.30. The fourth-order valence-corrected chi connectivity index (χ4v) is 4.45. The van der Waals surface area contributed by atoms with E-state index in [-0.39, 0.29) is 18.4 Å². The first-order valence-corrected chi connectivity index (χ1v) is 11.2. The standard InChI is InChI=1S/C27H28FNO5/c1-27(2)12-3-4-23(27)21-10-5-18(14-25(21)33-17-28)16-32-20-8-6-19(7-9-20)22(15-26(30)31)24-11-13-34-29-24/h4-11,13-14,22H,3,12,15-17H2,1-2H3,(H,30,31)/t22-/m0/s1. The quantitative estimate of drug-likeness (QED) is 0.375. The van der Waals surface area contributed by atoms with Crippen LogP contribution in [0.15, 0.2) is 65.4 Å². The summed E-state index contributed by atoms with van der Waals surface area (Å²) in [6.07, 6.45) is 5.60. The number of aromatic nitrogens is 1. The zero-order chi connectivity index (χ0) is 24.1. The third-order valence-electron chi connectivity index (χ3n) is 6.27. The van der Waals surface area contributed by atoms with Gasteiger partial charge in [0.05, 0.1) is 12.1 Å². The maximum Gasteiger partial charge on any atom is 0.304 e. The lowest BCUT2D eigenvalue weighted by Crippen LogP contribution is -2.10. The van der Waals surface area contributed by atoms with Crippen molar-refractivity contribution in [1.29, 1.82) is 0 Å². The van der Waals surface area contributed by atoms with Crippen LogP contribution >= 0.6 is 0 Å². The van der Waals surface area contributed by atoms with Gasteiger partial charge in [-0.2, -0.15) is 0 Å². The van der Waals surface area contributed by atoms with Crippen LogP contribution in [0.5, 0.6) is 11.5 Å². The monoisotopic (exact) mass is 465 g/mol. The molecular weight excluding hydrogens is 437 g/mol. The Labute approximate surface area is 198 Å². The van der Waals surface area contributed by atoms with Gasteiger partial charge < -0.3 is 19.1 Å². The lowest BCUT2D eigenvalue weighted by atomic mass is 9.81. The first-order chi connectivity index (χ1) is 16.4. The highest BCUT2D eigenvalue weighted by molar-refractivity contribution is 5.76. The number of alkyl halides is 1. The molecule has 0 amide bonds. The summed E-state index contributed by atoms with van der Waals surface area (Å²) < 4.78 is 29.2. The van der Waals surface area contributed by atoms with E-state index < -0.39 is 18.7 Å². The van der Waals surface area contributed by atoms with Crippen molar-refractivity contribution in [2.45, 2.75) is 45.6 Å². The highest BCUT2D eigenvalue weighted by Gasteiger charge is 2.30. The number of allylic oxidation sites excluding steroid dienone is 2. The Kier molecular flexibility index (Phi) is 7.01. The molecular formula is C27H28FNO5. The summed E-state index contributed by atoms with van der Waals surface area (Å²) in [5.41, 5.74) is 4.36. The van der Waals surface area contributed by atoms with Crippen molar-refractivity contribution in [3.8, 4) is 11.5 Å². The van der Waals surface area contributed by atoms with Gasteiger partial charge in [-0.05, 0) is 53.2 Å². The van der Waals surface area contributed by atoms with Crippen molar-refractivity contribution in [2.24, 2.45) is 5.41 Å². The van der Waals surface area contributed by atoms with E-state index in [1.54, 1.807) is 18.2 Å². The van der Waals surface area contributed by atoms with Gasteiger partial charge in [-0.1, -0.05) is 49.3 Å². The number of carboxylic acid groups (broad SMARTS) is 1. The summed E-state index contributed by atoms with van der Waals surface area (Å²) in [5.74, 6) is -0.175. The number of ether oxygens (including phenoxy) is 2. The number of carbonyl (C=O) groups is 1. The van der Waals surface area contributed by atoms with Crippen molar-refractivity contribution in [3.63, 3.8) is 0 Å². The first-order valence-electron chi connectivity index (χ1n) is 11.2. The zero-order valence-electron chi connectivity index (χ0n) is 19.3. The minimum Gasteiger partial charge on any atom is -0.489 e. The Bertz CT molecular complexity index is 1150. The molecule has 7 heteroatoms. The van der Waals surface area contributed by atoms with Gasteiger partial charge in [0.25, 0.3) is 0 Å². The van der Waals surface area contributed by atoms with Crippen LogP contribution < -0.4 is 9.47 Å². The smallest absolute Gasteiger partial charge is 0.304 e. The zero-order valence-corrected chi connectivity index (χ0v) is 19.3. The molecule has 3 aromatic rings. The second kappa shape index (κ2) is 10.1. The van der Waals surface area contributed by atoms with Crippen molar-refractivity contribution < 1.29 is 28.3 Å². The highest BCUT2D eigenvalue weighted by Crippen LogP contribution is 2.46. The molecule has 1 heterocycles. The normalized spacial score (nSPS) is 15.6. The summed E-state index contributed by atoms with van der Waals surface area (Å²) in [6.45, 7) is 3.77. The molecule has 0 fully saturated rings. The summed E-state index contributed by atoms with van der Waals surface area (Å²) in [7, 11) is 0. The van der Waals surface area contributed by atoms with E-state index in [2.05, 4.69) is 25.1 Å². The molecule has 0 saturated carbocycles. The van der Waals surface area contributed by atoms with Gasteiger partial charge in [0.1, 0.15) is 24.4 Å². The maximum absolute atomic E-state index is 13.1. The molecule has 178 valence electrons.